The number of hydrogen-bond donors (Lipinski definition) is 1. The lowest BCUT2D eigenvalue weighted by Gasteiger charge is -2.29. The van der Waals surface area contributed by atoms with E-state index in [1.54, 1.807) is 6.20 Å². The van der Waals surface area contributed by atoms with Gasteiger partial charge in [-0.2, -0.15) is 0 Å². The first kappa shape index (κ1) is 18.4. The lowest BCUT2D eigenvalue weighted by atomic mass is 10.1. The van der Waals surface area contributed by atoms with Gasteiger partial charge in [0.05, 0.1) is 18.7 Å². The van der Waals surface area contributed by atoms with Crippen LogP contribution in [0.15, 0.2) is 54.7 Å². The zero-order valence-corrected chi connectivity index (χ0v) is 14.9. The van der Waals surface area contributed by atoms with Crippen LogP contribution in [0.2, 0.25) is 0 Å². The normalized spacial score (nSPS) is 14.9. The Kier molecular flexibility index (Phi) is 4.95. The molecule has 2 heterocycles. The minimum atomic E-state index is -4.70. The Morgan fingerprint density at radius 1 is 0.964 bits per heavy atom. The fourth-order valence-corrected chi connectivity index (χ4v) is 3.20. The molecule has 8 heteroatoms. The number of alkyl halides is 3. The monoisotopic (exact) mass is 389 g/mol. The average Bonchev–Trinajstić information content (AvgIpc) is 2.68. The molecular weight excluding hydrogens is 371 g/mol. The predicted octanol–water partition coefficient (Wildman–Crippen LogP) is 4.71. The van der Waals surface area contributed by atoms with E-state index in [1.165, 1.54) is 24.3 Å². The van der Waals surface area contributed by atoms with E-state index in [1.807, 2.05) is 24.3 Å². The maximum absolute atomic E-state index is 12.2. The second-order valence-electron chi connectivity index (χ2n) is 6.36. The Morgan fingerprint density at radius 2 is 1.68 bits per heavy atom. The predicted molar refractivity (Wildman–Crippen MR) is 101 cm³/mol. The number of morpholine rings is 1. The fraction of sp³-hybridized carbons (Fsp3) is 0.250. The van der Waals surface area contributed by atoms with Crippen LogP contribution in [0, 0.1) is 0 Å². The summed E-state index contributed by atoms with van der Waals surface area (Å²) < 4.78 is 46.0. The molecule has 1 saturated heterocycles. The number of hydrogen-bond acceptors (Lipinski definition) is 5. The van der Waals surface area contributed by atoms with Gasteiger partial charge in [-0.1, -0.05) is 0 Å². The number of pyridine rings is 1. The lowest BCUT2D eigenvalue weighted by molar-refractivity contribution is -0.274. The van der Waals surface area contributed by atoms with Gasteiger partial charge in [0, 0.05) is 41.7 Å². The topological polar surface area (TPSA) is 46.6 Å². The summed E-state index contributed by atoms with van der Waals surface area (Å²) in [4.78, 5) is 6.73. The van der Waals surface area contributed by atoms with E-state index in [-0.39, 0.29) is 5.75 Å². The second-order valence-corrected chi connectivity index (χ2v) is 6.36. The molecule has 0 radical (unpaired) electrons. The second kappa shape index (κ2) is 7.55. The highest BCUT2D eigenvalue weighted by Gasteiger charge is 2.30. The van der Waals surface area contributed by atoms with Gasteiger partial charge >= 0.3 is 6.36 Å². The summed E-state index contributed by atoms with van der Waals surface area (Å²) in [5.41, 5.74) is 3.40. The van der Waals surface area contributed by atoms with Crippen molar-refractivity contribution in [3.63, 3.8) is 0 Å². The summed E-state index contributed by atoms with van der Waals surface area (Å²) >= 11 is 0. The summed E-state index contributed by atoms with van der Waals surface area (Å²) in [7, 11) is 0. The first-order valence-electron chi connectivity index (χ1n) is 8.82. The minimum Gasteiger partial charge on any atom is -0.406 e. The highest BCUT2D eigenvalue weighted by Crippen LogP contribution is 2.30. The average molecular weight is 389 g/mol. The van der Waals surface area contributed by atoms with Crippen molar-refractivity contribution in [3.05, 3.63) is 54.7 Å². The SMILES string of the molecule is FC(F)(F)Oc1ccc(Nc2ccc3c(N4CCOCC4)ccnc3c2)cc1. The van der Waals surface area contributed by atoms with E-state index in [9.17, 15) is 13.2 Å². The highest BCUT2D eigenvalue weighted by atomic mass is 19.4. The third-order valence-electron chi connectivity index (χ3n) is 4.45. The van der Waals surface area contributed by atoms with Crippen LogP contribution in [0.4, 0.5) is 30.2 Å². The summed E-state index contributed by atoms with van der Waals surface area (Å²) in [5, 5.41) is 4.22. The van der Waals surface area contributed by atoms with Gasteiger partial charge in [0.15, 0.2) is 0 Å². The van der Waals surface area contributed by atoms with E-state index in [0.29, 0.717) is 18.9 Å². The van der Waals surface area contributed by atoms with Gasteiger partial charge in [-0.05, 0) is 48.5 Å². The van der Waals surface area contributed by atoms with Crippen LogP contribution >= 0.6 is 0 Å². The molecule has 4 rings (SSSR count). The molecule has 3 aromatic rings. The van der Waals surface area contributed by atoms with E-state index in [2.05, 4.69) is 19.9 Å². The Bertz CT molecular complexity index is 955. The maximum atomic E-state index is 12.2. The molecule has 2 aromatic carbocycles. The van der Waals surface area contributed by atoms with Gasteiger partial charge in [-0.3, -0.25) is 4.98 Å². The first-order valence-corrected chi connectivity index (χ1v) is 8.82. The number of ether oxygens (including phenoxy) is 2. The lowest BCUT2D eigenvalue weighted by Crippen LogP contribution is -2.36. The minimum absolute atomic E-state index is 0.256. The van der Waals surface area contributed by atoms with Crippen molar-refractivity contribution in [2.24, 2.45) is 0 Å². The molecule has 1 N–H and O–H groups in total. The number of fused-ring (bicyclic) bond motifs is 1. The van der Waals surface area contributed by atoms with Crippen LogP contribution in [0.5, 0.6) is 5.75 Å². The molecule has 0 bridgehead atoms. The molecule has 1 fully saturated rings. The fourth-order valence-electron chi connectivity index (χ4n) is 3.20. The number of nitrogens with zero attached hydrogens (tertiary/aromatic N) is 2. The van der Waals surface area contributed by atoms with Gasteiger partial charge in [-0.25, -0.2) is 0 Å². The number of rotatable bonds is 4. The summed E-state index contributed by atoms with van der Waals surface area (Å²) in [6.45, 7) is 3.09. The zero-order chi connectivity index (χ0) is 19.6. The molecular formula is C20H18F3N3O2. The number of halogens is 3. The van der Waals surface area contributed by atoms with Gasteiger partial charge < -0.3 is 19.7 Å². The molecule has 0 saturated carbocycles. The van der Waals surface area contributed by atoms with E-state index >= 15 is 0 Å². The van der Waals surface area contributed by atoms with E-state index in [4.69, 9.17) is 4.74 Å². The zero-order valence-electron chi connectivity index (χ0n) is 14.9. The van der Waals surface area contributed by atoms with Crippen molar-refractivity contribution in [1.29, 1.82) is 0 Å². The van der Waals surface area contributed by atoms with Crippen molar-refractivity contribution in [2.45, 2.75) is 6.36 Å². The standard InChI is InChI=1S/C20H18F3N3O2/c21-20(22,23)28-16-4-1-14(2-5-16)25-15-3-6-17-18(13-15)24-8-7-19(17)26-9-11-27-12-10-26/h1-8,13,25H,9-12H2. The van der Waals surface area contributed by atoms with Gasteiger partial charge in [0.25, 0.3) is 0 Å². The maximum Gasteiger partial charge on any atom is 0.573 e. The molecule has 0 atom stereocenters. The Hall–Kier alpha value is -3.00. The van der Waals surface area contributed by atoms with Gasteiger partial charge in [0.2, 0.25) is 0 Å². The van der Waals surface area contributed by atoms with Gasteiger partial charge in [-0.15, -0.1) is 13.2 Å². The van der Waals surface area contributed by atoms with E-state index in [0.717, 1.165) is 35.4 Å². The molecule has 146 valence electrons. The number of nitrogens with one attached hydrogen (secondary N) is 1. The molecule has 5 nitrogen and oxygen atoms in total. The van der Waals surface area contributed by atoms with E-state index < -0.39 is 6.36 Å². The van der Waals surface area contributed by atoms with Crippen LogP contribution in [0.3, 0.4) is 0 Å². The smallest absolute Gasteiger partial charge is 0.406 e. The van der Waals surface area contributed by atoms with Crippen LogP contribution < -0.4 is 15.0 Å². The molecule has 0 aliphatic carbocycles. The molecule has 28 heavy (non-hydrogen) atoms. The number of aromatic nitrogens is 1. The summed E-state index contributed by atoms with van der Waals surface area (Å²) in [6.07, 6.45) is -2.92. The summed E-state index contributed by atoms with van der Waals surface area (Å²) in [5.74, 6) is -0.256. The van der Waals surface area contributed by atoms with Crippen LogP contribution in [-0.2, 0) is 4.74 Å². The Balaban J connectivity index is 1.53. The Morgan fingerprint density at radius 3 is 2.39 bits per heavy atom. The quantitative estimate of drug-likeness (QED) is 0.700. The van der Waals surface area contributed by atoms with Crippen molar-refractivity contribution in [3.8, 4) is 5.75 Å². The highest BCUT2D eigenvalue weighted by molar-refractivity contribution is 5.93. The van der Waals surface area contributed by atoms with Crippen LogP contribution in [0.1, 0.15) is 0 Å². The third-order valence-corrected chi connectivity index (χ3v) is 4.45. The largest absolute Gasteiger partial charge is 0.573 e. The van der Waals surface area contributed by atoms with Crippen LogP contribution in [0.25, 0.3) is 10.9 Å². The summed E-state index contributed by atoms with van der Waals surface area (Å²) in [6, 6.07) is 13.4. The number of benzene rings is 2. The molecule has 1 aliphatic rings. The van der Waals surface area contributed by atoms with Crippen molar-refractivity contribution < 1.29 is 22.6 Å². The van der Waals surface area contributed by atoms with Crippen LogP contribution in [-0.4, -0.2) is 37.6 Å². The third kappa shape index (κ3) is 4.28. The van der Waals surface area contributed by atoms with Crippen molar-refractivity contribution in [2.75, 3.05) is 36.5 Å². The van der Waals surface area contributed by atoms with Gasteiger partial charge in [0.1, 0.15) is 5.75 Å². The molecule has 0 unspecified atom stereocenters. The molecule has 1 aromatic heterocycles. The number of anilines is 3. The molecule has 0 spiro atoms. The first-order chi connectivity index (χ1) is 13.5. The van der Waals surface area contributed by atoms with Crippen molar-refractivity contribution >= 4 is 28.0 Å². The Labute approximate surface area is 159 Å². The molecule has 1 aliphatic heterocycles. The van der Waals surface area contributed by atoms with Crippen molar-refractivity contribution in [1.82, 2.24) is 4.98 Å². The molecule has 0 amide bonds.